The van der Waals surface area contributed by atoms with Gasteiger partial charge in [-0.1, -0.05) is 50.2 Å². The van der Waals surface area contributed by atoms with Crippen molar-refractivity contribution in [1.29, 1.82) is 0 Å². The highest BCUT2D eigenvalue weighted by Gasteiger charge is 2.25. The van der Waals surface area contributed by atoms with Crippen molar-refractivity contribution in [2.75, 3.05) is 0 Å². The summed E-state index contributed by atoms with van der Waals surface area (Å²) in [5.41, 5.74) is 3.91. The molecule has 0 bridgehead atoms. The van der Waals surface area contributed by atoms with Crippen molar-refractivity contribution in [2.24, 2.45) is 9.98 Å². The Morgan fingerprint density at radius 3 is 2.46 bits per heavy atom. The first-order valence-electron chi connectivity index (χ1n) is 8.50. The van der Waals surface area contributed by atoms with Gasteiger partial charge in [0.1, 0.15) is 17.9 Å². The monoisotopic (exact) mass is 347 g/mol. The van der Waals surface area contributed by atoms with Gasteiger partial charge in [-0.3, -0.25) is 4.99 Å². The van der Waals surface area contributed by atoms with Crippen molar-refractivity contribution in [3.63, 3.8) is 0 Å². The number of rotatable bonds is 4. The molecule has 0 atom stereocenters. The van der Waals surface area contributed by atoms with Crippen LogP contribution in [0, 0.1) is 5.82 Å². The maximum Gasteiger partial charge on any atom is 0.254 e. The fraction of sp³-hybridized carbons (Fsp3) is 0.200. The van der Waals surface area contributed by atoms with Gasteiger partial charge in [0.2, 0.25) is 0 Å². The third-order valence-electron chi connectivity index (χ3n) is 4.33. The highest BCUT2D eigenvalue weighted by Crippen LogP contribution is 2.22. The summed E-state index contributed by atoms with van der Waals surface area (Å²) in [4.78, 5) is 13.4. The van der Waals surface area contributed by atoms with Crippen LogP contribution in [0.3, 0.4) is 0 Å². The summed E-state index contributed by atoms with van der Waals surface area (Å²) in [5, 5.41) is 4.23. The molecular weight excluding hydrogens is 329 g/mol. The number of fused-ring (bicyclic) bond motifs is 1. The number of hydrogen-bond donors (Lipinski definition) is 0. The predicted octanol–water partition coefficient (Wildman–Crippen LogP) is 4.12. The van der Waals surface area contributed by atoms with E-state index in [0.29, 0.717) is 24.2 Å². The van der Waals surface area contributed by atoms with Crippen molar-refractivity contribution >= 4 is 17.5 Å². The van der Waals surface area contributed by atoms with Crippen LogP contribution in [0.25, 0.3) is 0 Å². The molecule has 2 aromatic carbocycles. The Bertz CT molecular complexity index is 982. The number of aromatic nitrogens is 3. The molecule has 0 fully saturated rings. The highest BCUT2D eigenvalue weighted by atomic mass is 19.1. The smallest absolute Gasteiger partial charge is 0.254 e. The normalized spacial score (nSPS) is 14.8. The SMILES string of the molecule is CC(C)c1ccc(C2=Nc3ncnn3C2=NCc2ccc(F)cc2)cc1. The maximum absolute atomic E-state index is 13.1. The van der Waals surface area contributed by atoms with E-state index in [1.807, 2.05) is 12.1 Å². The summed E-state index contributed by atoms with van der Waals surface area (Å²) in [6.07, 6.45) is 1.46. The van der Waals surface area contributed by atoms with Crippen LogP contribution in [0.2, 0.25) is 0 Å². The Balaban J connectivity index is 1.67. The standard InChI is InChI=1S/C20H18FN5/c1-13(2)15-5-7-16(8-6-15)18-19(26-20(25-18)23-12-24-26)22-11-14-3-9-17(21)10-4-14/h3-10,12-13H,11H2,1-2H3. The summed E-state index contributed by atoms with van der Waals surface area (Å²) in [6, 6.07) is 14.6. The molecule has 0 spiro atoms. The third kappa shape index (κ3) is 3.06. The molecule has 5 nitrogen and oxygen atoms in total. The predicted molar refractivity (Wildman–Crippen MR) is 99.7 cm³/mol. The van der Waals surface area contributed by atoms with Gasteiger partial charge >= 0.3 is 0 Å². The average Bonchev–Trinajstić information content (AvgIpc) is 3.23. The van der Waals surface area contributed by atoms with Gasteiger partial charge in [0.15, 0.2) is 5.84 Å². The molecule has 0 saturated heterocycles. The Morgan fingerprint density at radius 1 is 1.04 bits per heavy atom. The fourth-order valence-electron chi connectivity index (χ4n) is 2.83. The van der Waals surface area contributed by atoms with Gasteiger partial charge < -0.3 is 0 Å². The molecule has 1 aromatic heterocycles. The quantitative estimate of drug-likeness (QED) is 0.713. The minimum Gasteiger partial charge on any atom is -0.260 e. The highest BCUT2D eigenvalue weighted by molar-refractivity contribution is 6.50. The molecule has 4 rings (SSSR count). The summed E-state index contributed by atoms with van der Waals surface area (Å²) in [7, 11) is 0. The summed E-state index contributed by atoms with van der Waals surface area (Å²) in [5.74, 6) is 1.39. The van der Waals surface area contributed by atoms with Crippen LogP contribution in [0.5, 0.6) is 0 Å². The van der Waals surface area contributed by atoms with Crippen molar-refractivity contribution < 1.29 is 4.39 Å². The molecule has 3 aromatic rings. The summed E-state index contributed by atoms with van der Waals surface area (Å²) >= 11 is 0. The van der Waals surface area contributed by atoms with E-state index < -0.39 is 0 Å². The summed E-state index contributed by atoms with van der Waals surface area (Å²) in [6.45, 7) is 4.74. The van der Waals surface area contributed by atoms with Crippen LogP contribution in [-0.2, 0) is 6.54 Å². The first-order chi connectivity index (χ1) is 12.6. The van der Waals surface area contributed by atoms with Gasteiger partial charge in [0.25, 0.3) is 5.95 Å². The number of halogens is 1. The van der Waals surface area contributed by atoms with Gasteiger partial charge in [-0.05, 0) is 29.2 Å². The van der Waals surface area contributed by atoms with Crippen LogP contribution >= 0.6 is 0 Å². The Hall–Kier alpha value is -3.15. The van der Waals surface area contributed by atoms with E-state index in [1.165, 1.54) is 24.0 Å². The van der Waals surface area contributed by atoms with Gasteiger partial charge in [-0.25, -0.2) is 9.38 Å². The molecule has 0 amide bonds. The maximum atomic E-state index is 13.1. The largest absolute Gasteiger partial charge is 0.260 e. The number of aliphatic imine (C=N–C) groups is 2. The lowest BCUT2D eigenvalue weighted by atomic mass is 10.00. The molecule has 26 heavy (non-hydrogen) atoms. The zero-order valence-electron chi connectivity index (χ0n) is 14.6. The minimum absolute atomic E-state index is 0.256. The van der Waals surface area contributed by atoms with Gasteiger partial charge in [-0.15, -0.1) is 0 Å². The van der Waals surface area contributed by atoms with Crippen LogP contribution in [-0.4, -0.2) is 26.3 Å². The second-order valence-corrected chi connectivity index (χ2v) is 6.48. The van der Waals surface area contributed by atoms with Gasteiger partial charge in [0, 0.05) is 5.56 Å². The zero-order valence-corrected chi connectivity index (χ0v) is 14.6. The first kappa shape index (κ1) is 16.3. The van der Waals surface area contributed by atoms with Crippen molar-refractivity contribution in [2.45, 2.75) is 26.3 Å². The van der Waals surface area contributed by atoms with E-state index in [4.69, 9.17) is 0 Å². The lowest BCUT2D eigenvalue weighted by Crippen LogP contribution is -2.20. The molecule has 2 heterocycles. The number of benzene rings is 2. The molecular formula is C20H18FN5. The average molecular weight is 347 g/mol. The molecule has 0 aliphatic carbocycles. The lowest BCUT2D eigenvalue weighted by molar-refractivity contribution is 0.627. The second-order valence-electron chi connectivity index (χ2n) is 6.48. The van der Waals surface area contributed by atoms with Crippen LogP contribution in [0.1, 0.15) is 36.5 Å². The third-order valence-corrected chi connectivity index (χ3v) is 4.33. The molecule has 1 aliphatic heterocycles. The minimum atomic E-state index is -0.256. The molecule has 6 heteroatoms. The second kappa shape index (κ2) is 6.63. The topological polar surface area (TPSA) is 55.4 Å². The van der Waals surface area contributed by atoms with Crippen LogP contribution in [0.4, 0.5) is 10.3 Å². The van der Waals surface area contributed by atoms with Gasteiger partial charge in [0.05, 0.1) is 6.54 Å². The van der Waals surface area contributed by atoms with E-state index in [-0.39, 0.29) is 5.82 Å². The molecule has 0 N–H and O–H groups in total. The summed E-state index contributed by atoms with van der Waals surface area (Å²) < 4.78 is 14.7. The molecule has 130 valence electrons. The number of nitrogens with zero attached hydrogens (tertiary/aromatic N) is 5. The van der Waals surface area contributed by atoms with E-state index >= 15 is 0 Å². The Kier molecular flexibility index (Phi) is 4.16. The fourth-order valence-corrected chi connectivity index (χ4v) is 2.83. The molecule has 0 saturated carbocycles. The molecule has 0 radical (unpaired) electrons. The Morgan fingerprint density at radius 2 is 1.77 bits per heavy atom. The van der Waals surface area contributed by atoms with E-state index in [9.17, 15) is 4.39 Å². The van der Waals surface area contributed by atoms with Gasteiger partial charge in [-0.2, -0.15) is 14.8 Å². The number of hydrogen-bond acceptors (Lipinski definition) is 4. The molecule has 1 aliphatic rings. The molecule has 0 unspecified atom stereocenters. The van der Waals surface area contributed by atoms with E-state index in [1.54, 1.807) is 16.8 Å². The Labute approximate surface area is 151 Å². The van der Waals surface area contributed by atoms with Crippen molar-refractivity contribution in [1.82, 2.24) is 14.8 Å². The van der Waals surface area contributed by atoms with Crippen molar-refractivity contribution in [3.8, 4) is 0 Å². The van der Waals surface area contributed by atoms with E-state index in [2.05, 4.69) is 46.0 Å². The zero-order chi connectivity index (χ0) is 18.1. The lowest BCUT2D eigenvalue weighted by Gasteiger charge is -2.08. The van der Waals surface area contributed by atoms with Crippen LogP contribution < -0.4 is 0 Å². The van der Waals surface area contributed by atoms with Crippen LogP contribution in [0.15, 0.2) is 64.8 Å². The van der Waals surface area contributed by atoms with E-state index in [0.717, 1.165) is 16.8 Å². The first-order valence-corrected chi connectivity index (χ1v) is 8.50. The van der Waals surface area contributed by atoms with Crippen molar-refractivity contribution in [3.05, 3.63) is 77.4 Å².